The molecule has 1 saturated heterocycles. The molecule has 5 nitrogen and oxygen atoms in total. The number of nitrogens with zero attached hydrogens (tertiary/aromatic N) is 3. The molecule has 1 fully saturated rings. The van der Waals surface area contributed by atoms with E-state index in [0.29, 0.717) is 12.3 Å². The van der Waals surface area contributed by atoms with Gasteiger partial charge in [0.15, 0.2) is 0 Å². The highest BCUT2D eigenvalue weighted by atomic mass is 16.5. The first-order valence-electron chi connectivity index (χ1n) is 5.14. The molecule has 0 spiro atoms. The Hall–Kier alpha value is -0.910. The van der Waals surface area contributed by atoms with Crippen molar-refractivity contribution in [3.63, 3.8) is 0 Å². The van der Waals surface area contributed by atoms with Crippen molar-refractivity contribution in [1.82, 2.24) is 14.7 Å². The van der Waals surface area contributed by atoms with Gasteiger partial charge in [0.2, 0.25) is 0 Å². The summed E-state index contributed by atoms with van der Waals surface area (Å²) in [6, 6.07) is 1.82. The summed E-state index contributed by atoms with van der Waals surface area (Å²) in [5.74, 6) is 0. The third-order valence-electron chi connectivity index (χ3n) is 2.69. The first-order chi connectivity index (χ1) is 7.16. The Labute approximate surface area is 89.3 Å². The van der Waals surface area contributed by atoms with E-state index < -0.39 is 6.10 Å². The van der Waals surface area contributed by atoms with E-state index in [4.69, 9.17) is 4.74 Å². The van der Waals surface area contributed by atoms with Gasteiger partial charge in [0.1, 0.15) is 12.2 Å². The van der Waals surface area contributed by atoms with Gasteiger partial charge < -0.3 is 14.7 Å². The first-order valence-corrected chi connectivity index (χ1v) is 5.14. The van der Waals surface area contributed by atoms with Gasteiger partial charge in [-0.25, -0.2) is 0 Å². The molecule has 5 heteroatoms. The number of morpholine rings is 1. The maximum atomic E-state index is 10.0. The number of hydrogen-bond acceptors (Lipinski definition) is 4. The molecule has 0 aliphatic carbocycles. The summed E-state index contributed by atoms with van der Waals surface area (Å²) in [5.41, 5.74) is 0.679. The first kappa shape index (κ1) is 10.6. The van der Waals surface area contributed by atoms with Gasteiger partial charge in [-0.2, -0.15) is 5.10 Å². The van der Waals surface area contributed by atoms with Crippen molar-refractivity contribution in [2.75, 3.05) is 26.7 Å². The molecular formula is C10H17N3O2. The number of aromatic nitrogens is 2. The van der Waals surface area contributed by atoms with Crippen molar-refractivity contribution < 1.29 is 9.84 Å². The molecule has 84 valence electrons. The van der Waals surface area contributed by atoms with Gasteiger partial charge in [-0.05, 0) is 13.1 Å². The minimum absolute atomic E-state index is 0.168. The Balaban J connectivity index is 2.03. The monoisotopic (exact) mass is 211 g/mol. The zero-order valence-electron chi connectivity index (χ0n) is 9.13. The number of aliphatic hydroxyl groups is 1. The van der Waals surface area contributed by atoms with Crippen molar-refractivity contribution >= 4 is 0 Å². The summed E-state index contributed by atoms with van der Waals surface area (Å²) in [7, 11) is 3.87. The number of likely N-dealkylation sites (N-methyl/N-ethyl adjacent to an activating group) is 1. The van der Waals surface area contributed by atoms with Gasteiger partial charge >= 0.3 is 0 Å². The molecule has 0 amide bonds. The Morgan fingerprint density at radius 2 is 2.40 bits per heavy atom. The van der Waals surface area contributed by atoms with Crippen molar-refractivity contribution in [2.45, 2.75) is 12.2 Å². The van der Waals surface area contributed by atoms with Crippen molar-refractivity contribution in [2.24, 2.45) is 7.05 Å². The number of rotatable bonds is 2. The van der Waals surface area contributed by atoms with Crippen molar-refractivity contribution in [1.29, 1.82) is 0 Å². The summed E-state index contributed by atoms with van der Waals surface area (Å²) >= 11 is 0. The summed E-state index contributed by atoms with van der Waals surface area (Å²) in [5, 5.41) is 14.2. The summed E-state index contributed by atoms with van der Waals surface area (Å²) in [6.45, 7) is 2.34. The Morgan fingerprint density at radius 3 is 3.00 bits per heavy atom. The van der Waals surface area contributed by atoms with Crippen LogP contribution in [0.2, 0.25) is 0 Å². The van der Waals surface area contributed by atoms with E-state index in [1.807, 2.05) is 26.4 Å². The molecule has 1 aromatic heterocycles. The van der Waals surface area contributed by atoms with Crippen LogP contribution < -0.4 is 0 Å². The molecular weight excluding hydrogens is 194 g/mol. The smallest absolute Gasteiger partial charge is 0.125 e. The standard InChI is InChI=1S/C10H17N3O2/c1-12-5-6-15-9(7-12)10(14)8-3-4-13(2)11-8/h3-4,9-10,14H,5-7H2,1-2H3. The SMILES string of the molecule is CN1CCOC(C(O)c2ccn(C)n2)C1. The fourth-order valence-electron chi connectivity index (χ4n) is 1.78. The second-order valence-corrected chi connectivity index (χ2v) is 4.03. The minimum atomic E-state index is -0.631. The maximum Gasteiger partial charge on any atom is 0.125 e. The van der Waals surface area contributed by atoms with E-state index in [2.05, 4.69) is 10.00 Å². The second kappa shape index (κ2) is 4.30. The average Bonchev–Trinajstić information content (AvgIpc) is 2.64. The zero-order valence-corrected chi connectivity index (χ0v) is 9.13. The van der Waals surface area contributed by atoms with Crippen LogP contribution in [-0.2, 0) is 11.8 Å². The zero-order chi connectivity index (χ0) is 10.8. The number of aryl methyl sites for hydroxylation is 1. The Bertz CT molecular complexity index is 326. The predicted octanol–water partition coefficient (Wildman–Crippen LogP) is -0.216. The molecule has 0 bridgehead atoms. The Morgan fingerprint density at radius 1 is 1.60 bits per heavy atom. The lowest BCUT2D eigenvalue weighted by atomic mass is 10.1. The van der Waals surface area contributed by atoms with Crippen LogP contribution in [-0.4, -0.2) is 52.6 Å². The van der Waals surface area contributed by atoms with Crippen LogP contribution in [0.15, 0.2) is 12.3 Å². The molecule has 0 saturated carbocycles. The van der Waals surface area contributed by atoms with Crippen LogP contribution in [0.3, 0.4) is 0 Å². The van der Waals surface area contributed by atoms with Crippen molar-refractivity contribution in [3.05, 3.63) is 18.0 Å². The molecule has 1 aromatic rings. The maximum absolute atomic E-state index is 10.0. The lowest BCUT2D eigenvalue weighted by Gasteiger charge is -2.32. The molecule has 2 heterocycles. The van der Waals surface area contributed by atoms with E-state index in [1.165, 1.54) is 0 Å². The topological polar surface area (TPSA) is 50.5 Å². The third-order valence-corrected chi connectivity index (χ3v) is 2.69. The predicted molar refractivity (Wildman–Crippen MR) is 55.4 cm³/mol. The van der Waals surface area contributed by atoms with Gasteiger partial charge in [-0.15, -0.1) is 0 Å². The number of ether oxygens (including phenoxy) is 1. The van der Waals surface area contributed by atoms with Gasteiger partial charge in [0, 0.05) is 26.3 Å². The largest absolute Gasteiger partial charge is 0.384 e. The van der Waals surface area contributed by atoms with E-state index >= 15 is 0 Å². The fraction of sp³-hybridized carbons (Fsp3) is 0.700. The molecule has 0 aromatic carbocycles. The second-order valence-electron chi connectivity index (χ2n) is 4.03. The molecule has 0 radical (unpaired) electrons. The van der Waals surface area contributed by atoms with E-state index in [-0.39, 0.29) is 6.10 Å². The van der Waals surface area contributed by atoms with Crippen LogP contribution in [0.4, 0.5) is 0 Å². The molecule has 15 heavy (non-hydrogen) atoms. The van der Waals surface area contributed by atoms with E-state index in [9.17, 15) is 5.11 Å². The molecule has 2 unspecified atom stereocenters. The quantitative estimate of drug-likeness (QED) is 0.735. The van der Waals surface area contributed by atoms with Crippen LogP contribution in [0, 0.1) is 0 Å². The van der Waals surface area contributed by atoms with Gasteiger partial charge in [-0.3, -0.25) is 4.68 Å². The summed E-state index contributed by atoms with van der Waals surface area (Å²) < 4.78 is 7.22. The highest BCUT2D eigenvalue weighted by Crippen LogP contribution is 2.19. The lowest BCUT2D eigenvalue weighted by Crippen LogP contribution is -2.43. The average molecular weight is 211 g/mol. The van der Waals surface area contributed by atoms with Gasteiger partial charge in [-0.1, -0.05) is 0 Å². The normalized spacial score (nSPS) is 25.4. The number of aliphatic hydroxyl groups excluding tert-OH is 1. The highest BCUT2D eigenvalue weighted by molar-refractivity contribution is 5.05. The van der Waals surface area contributed by atoms with E-state index in [0.717, 1.165) is 13.1 Å². The molecule has 1 N–H and O–H groups in total. The summed E-state index contributed by atoms with van der Waals surface area (Å²) in [4.78, 5) is 2.15. The molecule has 2 rings (SSSR count). The van der Waals surface area contributed by atoms with Gasteiger partial charge in [0.05, 0.1) is 12.3 Å². The summed E-state index contributed by atoms with van der Waals surface area (Å²) in [6.07, 6.45) is 1.03. The third kappa shape index (κ3) is 2.37. The van der Waals surface area contributed by atoms with Crippen LogP contribution >= 0.6 is 0 Å². The van der Waals surface area contributed by atoms with E-state index in [1.54, 1.807) is 4.68 Å². The molecule has 2 atom stereocenters. The van der Waals surface area contributed by atoms with Crippen LogP contribution in [0.25, 0.3) is 0 Å². The van der Waals surface area contributed by atoms with Crippen molar-refractivity contribution in [3.8, 4) is 0 Å². The van der Waals surface area contributed by atoms with Gasteiger partial charge in [0.25, 0.3) is 0 Å². The molecule has 1 aliphatic heterocycles. The highest BCUT2D eigenvalue weighted by Gasteiger charge is 2.27. The number of hydrogen-bond donors (Lipinski definition) is 1. The van der Waals surface area contributed by atoms with Crippen LogP contribution in [0.1, 0.15) is 11.8 Å². The molecule has 1 aliphatic rings. The fourth-order valence-corrected chi connectivity index (χ4v) is 1.78. The Kier molecular flexibility index (Phi) is 3.04. The lowest BCUT2D eigenvalue weighted by molar-refractivity contribution is -0.0858. The minimum Gasteiger partial charge on any atom is -0.384 e. The van der Waals surface area contributed by atoms with Crippen LogP contribution in [0.5, 0.6) is 0 Å².